The number of halogens is 1. The standard InChI is InChI=1S/C14H15FN2O4S/c1-9(13(18)16-2)22(19,20)8-12-7-21-14(17-12)10-4-3-5-11(15)6-10/h3-7,9H,8H2,1-2H3,(H,16,18)/t9-/m0/s1. The Morgan fingerprint density at radius 3 is 2.82 bits per heavy atom. The van der Waals surface area contributed by atoms with Crippen LogP contribution < -0.4 is 5.32 Å². The lowest BCUT2D eigenvalue weighted by Crippen LogP contribution is -2.36. The van der Waals surface area contributed by atoms with E-state index in [1.807, 2.05) is 0 Å². The van der Waals surface area contributed by atoms with Crippen LogP contribution in [0.15, 0.2) is 34.9 Å². The lowest BCUT2D eigenvalue weighted by Gasteiger charge is -2.09. The highest BCUT2D eigenvalue weighted by molar-refractivity contribution is 7.92. The highest BCUT2D eigenvalue weighted by Gasteiger charge is 2.28. The van der Waals surface area contributed by atoms with Gasteiger partial charge in [0.25, 0.3) is 0 Å². The molecule has 8 heteroatoms. The Kier molecular flexibility index (Phi) is 4.60. The minimum Gasteiger partial charge on any atom is -0.444 e. The molecule has 0 spiro atoms. The molecule has 0 aliphatic carbocycles. The molecule has 6 nitrogen and oxygen atoms in total. The van der Waals surface area contributed by atoms with Gasteiger partial charge in [-0.05, 0) is 25.1 Å². The predicted octanol–water partition coefficient (Wildman–Crippen LogP) is 1.53. The van der Waals surface area contributed by atoms with Crippen molar-refractivity contribution in [2.24, 2.45) is 0 Å². The van der Waals surface area contributed by atoms with Gasteiger partial charge in [0.05, 0.1) is 11.4 Å². The second-order valence-corrected chi connectivity index (χ2v) is 7.04. The molecule has 1 aromatic carbocycles. The Labute approximate surface area is 127 Å². The largest absolute Gasteiger partial charge is 0.444 e. The number of aromatic nitrogens is 1. The summed E-state index contributed by atoms with van der Waals surface area (Å²) < 4.78 is 42.5. The van der Waals surface area contributed by atoms with Crippen LogP contribution in [0.2, 0.25) is 0 Å². The molecule has 0 aliphatic heterocycles. The number of benzene rings is 1. The average molecular weight is 326 g/mol. The summed E-state index contributed by atoms with van der Waals surface area (Å²) in [5.74, 6) is -1.34. The fourth-order valence-corrected chi connectivity index (χ4v) is 3.06. The van der Waals surface area contributed by atoms with E-state index >= 15 is 0 Å². The molecule has 22 heavy (non-hydrogen) atoms. The quantitative estimate of drug-likeness (QED) is 0.900. The summed E-state index contributed by atoms with van der Waals surface area (Å²) in [6.07, 6.45) is 1.19. The van der Waals surface area contributed by atoms with Crippen molar-refractivity contribution in [2.45, 2.75) is 17.9 Å². The lowest BCUT2D eigenvalue weighted by molar-refractivity contribution is -0.119. The SMILES string of the molecule is CNC(=O)[C@H](C)S(=O)(=O)Cc1coc(-c2cccc(F)c2)n1. The van der Waals surface area contributed by atoms with E-state index in [-0.39, 0.29) is 11.6 Å². The number of nitrogens with zero attached hydrogens (tertiary/aromatic N) is 1. The van der Waals surface area contributed by atoms with Gasteiger partial charge in [-0.15, -0.1) is 0 Å². The van der Waals surface area contributed by atoms with Crippen molar-refractivity contribution in [3.8, 4) is 11.5 Å². The molecular formula is C14H15FN2O4S. The van der Waals surface area contributed by atoms with Crippen molar-refractivity contribution in [1.82, 2.24) is 10.3 Å². The molecule has 1 aromatic heterocycles. The fourth-order valence-electron chi connectivity index (χ4n) is 1.82. The third kappa shape index (κ3) is 3.51. The molecule has 1 heterocycles. The zero-order valence-electron chi connectivity index (χ0n) is 12.0. The minimum atomic E-state index is -3.71. The molecule has 1 atom stereocenters. The summed E-state index contributed by atoms with van der Waals surface area (Å²) in [4.78, 5) is 15.5. The molecule has 118 valence electrons. The van der Waals surface area contributed by atoms with Gasteiger partial charge in [0.1, 0.15) is 17.3 Å². The number of hydrogen-bond donors (Lipinski definition) is 1. The van der Waals surface area contributed by atoms with Gasteiger partial charge in [-0.3, -0.25) is 4.79 Å². The normalized spacial score (nSPS) is 12.9. The minimum absolute atomic E-state index is 0.122. The number of rotatable bonds is 5. The second-order valence-electron chi connectivity index (χ2n) is 4.72. The zero-order chi connectivity index (χ0) is 16.3. The number of carbonyl (C=O) groups excluding carboxylic acids is 1. The van der Waals surface area contributed by atoms with Gasteiger partial charge >= 0.3 is 0 Å². The first kappa shape index (κ1) is 16.2. The predicted molar refractivity (Wildman–Crippen MR) is 78.0 cm³/mol. The third-order valence-electron chi connectivity index (χ3n) is 3.13. The molecule has 0 unspecified atom stereocenters. The lowest BCUT2D eigenvalue weighted by atomic mass is 10.2. The number of amides is 1. The van der Waals surface area contributed by atoms with Gasteiger partial charge in [-0.2, -0.15) is 0 Å². The van der Waals surface area contributed by atoms with E-state index in [9.17, 15) is 17.6 Å². The van der Waals surface area contributed by atoms with Gasteiger partial charge in [0.2, 0.25) is 11.8 Å². The summed E-state index contributed by atoms with van der Waals surface area (Å²) in [5, 5.41) is 1.10. The highest BCUT2D eigenvalue weighted by atomic mass is 32.2. The molecule has 0 aliphatic rings. The first-order valence-electron chi connectivity index (χ1n) is 6.47. The molecule has 2 rings (SSSR count). The van der Waals surface area contributed by atoms with Crippen LogP contribution in [0.4, 0.5) is 4.39 Å². The van der Waals surface area contributed by atoms with E-state index in [2.05, 4.69) is 10.3 Å². The maximum atomic E-state index is 13.2. The smallest absolute Gasteiger partial charge is 0.237 e. The number of sulfone groups is 1. The Bertz CT molecular complexity index is 786. The van der Waals surface area contributed by atoms with E-state index in [0.29, 0.717) is 5.56 Å². The van der Waals surface area contributed by atoms with Crippen LogP contribution >= 0.6 is 0 Å². The van der Waals surface area contributed by atoms with Crippen molar-refractivity contribution >= 4 is 15.7 Å². The molecule has 1 N–H and O–H groups in total. The summed E-state index contributed by atoms with van der Waals surface area (Å²) in [5.41, 5.74) is 0.568. The fraction of sp³-hybridized carbons (Fsp3) is 0.286. The van der Waals surface area contributed by atoms with Crippen LogP contribution in [-0.2, 0) is 20.4 Å². The van der Waals surface area contributed by atoms with Crippen molar-refractivity contribution in [1.29, 1.82) is 0 Å². The number of nitrogens with one attached hydrogen (secondary N) is 1. The topological polar surface area (TPSA) is 89.3 Å². The molecule has 0 fully saturated rings. The molecule has 0 radical (unpaired) electrons. The Morgan fingerprint density at radius 2 is 2.18 bits per heavy atom. The maximum Gasteiger partial charge on any atom is 0.237 e. The van der Waals surface area contributed by atoms with Gasteiger partial charge in [0.15, 0.2) is 9.84 Å². The highest BCUT2D eigenvalue weighted by Crippen LogP contribution is 2.21. The second kappa shape index (κ2) is 6.27. The Hall–Kier alpha value is -2.22. The van der Waals surface area contributed by atoms with Crippen LogP contribution in [0.25, 0.3) is 11.5 Å². The van der Waals surface area contributed by atoms with Crippen LogP contribution in [-0.4, -0.2) is 31.6 Å². The summed E-state index contributed by atoms with van der Waals surface area (Å²) in [7, 11) is -2.34. The monoisotopic (exact) mass is 326 g/mol. The molecule has 2 aromatic rings. The Morgan fingerprint density at radius 1 is 1.45 bits per heavy atom. The average Bonchev–Trinajstić information content (AvgIpc) is 2.93. The van der Waals surface area contributed by atoms with Crippen LogP contribution in [0, 0.1) is 5.82 Å². The zero-order valence-corrected chi connectivity index (χ0v) is 12.9. The maximum absolute atomic E-state index is 13.2. The molecule has 0 bridgehead atoms. The van der Waals surface area contributed by atoms with Gasteiger partial charge in [-0.1, -0.05) is 6.07 Å². The van der Waals surface area contributed by atoms with Gasteiger partial charge in [-0.25, -0.2) is 17.8 Å². The number of hydrogen-bond acceptors (Lipinski definition) is 5. The first-order chi connectivity index (χ1) is 10.3. The number of carbonyl (C=O) groups is 1. The van der Waals surface area contributed by atoms with Gasteiger partial charge in [0, 0.05) is 12.6 Å². The van der Waals surface area contributed by atoms with Crippen LogP contribution in [0.3, 0.4) is 0 Å². The van der Waals surface area contributed by atoms with Crippen LogP contribution in [0.5, 0.6) is 0 Å². The van der Waals surface area contributed by atoms with Gasteiger partial charge < -0.3 is 9.73 Å². The van der Waals surface area contributed by atoms with Crippen molar-refractivity contribution in [3.05, 3.63) is 42.0 Å². The molecular weight excluding hydrogens is 311 g/mol. The Balaban J connectivity index is 2.21. The summed E-state index contributed by atoms with van der Waals surface area (Å²) >= 11 is 0. The van der Waals surface area contributed by atoms with E-state index in [1.165, 1.54) is 38.4 Å². The summed E-state index contributed by atoms with van der Waals surface area (Å²) in [6.45, 7) is 1.31. The molecule has 0 saturated heterocycles. The van der Waals surface area contributed by atoms with Crippen molar-refractivity contribution < 1.29 is 22.0 Å². The number of oxazole rings is 1. The van der Waals surface area contributed by atoms with Crippen molar-refractivity contribution in [2.75, 3.05) is 7.05 Å². The first-order valence-corrected chi connectivity index (χ1v) is 8.18. The van der Waals surface area contributed by atoms with E-state index in [0.717, 1.165) is 0 Å². The molecule has 1 amide bonds. The van der Waals surface area contributed by atoms with Crippen molar-refractivity contribution in [3.63, 3.8) is 0 Å². The van der Waals surface area contributed by atoms with E-state index in [4.69, 9.17) is 4.42 Å². The van der Waals surface area contributed by atoms with E-state index < -0.39 is 32.6 Å². The summed E-state index contributed by atoms with van der Waals surface area (Å²) in [6, 6.07) is 5.61. The molecule has 0 saturated carbocycles. The van der Waals surface area contributed by atoms with Crippen LogP contribution in [0.1, 0.15) is 12.6 Å². The van der Waals surface area contributed by atoms with E-state index in [1.54, 1.807) is 6.07 Å². The third-order valence-corrected chi connectivity index (χ3v) is 5.12.